The molecule has 6 nitrogen and oxygen atoms in total. The van der Waals surface area contributed by atoms with Gasteiger partial charge < -0.3 is 5.32 Å². The fourth-order valence-electron chi connectivity index (χ4n) is 1.61. The minimum absolute atomic E-state index is 0.0698. The van der Waals surface area contributed by atoms with Gasteiger partial charge in [-0.05, 0) is 18.7 Å². The number of H-pyrrole nitrogens is 1. The first kappa shape index (κ1) is 11.3. The number of non-ortho nitro benzene ring substituents is 1. The fourth-order valence-corrected chi connectivity index (χ4v) is 1.61. The Morgan fingerprint density at radius 3 is 3.12 bits per heavy atom. The van der Waals surface area contributed by atoms with Gasteiger partial charge in [0.05, 0.1) is 22.0 Å². The second-order valence-corrected chi connectivity index (χ2v) is 3.59. The first-order valence-electron chi connectivity index (χ1n) is 5.15. The second kappa shape index (κ2) is 4.75. The summed E-state index contributed by atoms with van der Waals surface area (Å²) in [7, 11) is 1.84. The molecule has 0 amide bonds. The van der Waals surface area contributed by atoms with E-state index < -0.39 is 4.92 Å². The third kappa shape index (κ3) is 2.31. The molecule has 2 aromatic rings. The average molecular weight is 232 g/mol. The number of aromatic nitrogens is 2. The maximum Gasteiger partial charge on any atom is 0.280 e. The number of hydrogen-bond donors (Lipinski definition) is 2. The smallest absolute Gasteiger partial charge is 0.280 e. The van der Waals surface area contributed by atoms with E-state index >= 15 is 0 Å². The number of hydrogen-bond acceptors (Lipinski definition) is 4. The highest BCUT2D eigenvalue weighted by Gasteiger charge is 2.14. The van der Waals surface area contributed by atoms with Crippen LogP contribution in [0.1, 0.15) is 5.56 Å². The number of aromatic amines is 1. The van der Waals surface area contributed by atoms with E-state index in [0.29, 0.717) is 10.9 Å². The van der Waals surface area contributed by atoms with E-state index in [2.05, 4.69) is 15.5 Å². The summed E-state index contributed by atoms with van der Waals surface area (Å²) in [5.41, 5.74) is 1.52. The van der Waals surface area contributed by atoms with Crippen molar-refractivity contribution in [1.82, 2.24) is 15.5 Å². The van der Waals surface area contributed by atoms with Gasteiger partial charge in [-0.2, -0.15) is 5.10 Å². The van der Waals surface area contributed by atoms with Gasteiger partial charge in [0.1, 0.15) is 0 Å². The van der Waals surface area contributed by atoms with Gasteiger partial charge in [-0.25, -0.2) is 0 Å². The van der Waals surface area contributed by atoms with E-state index in [0.717, 1.165) is 12.1 Å². The molecule has 0 spiro atoms. The quantitative estimate of drug-likeness (QED) is 0.620. The largest absolute Gasteiger partial charge is 0.316 e. The topological polar surface area (TPSA) is 83.8 Å². The number of nitrogens with zero attached hydrogens (tertiary/aromatic N) is 2. The number of fused-ring (bicyclic) bond motifs is 1. The molecule has 0 radical (unpaired) electrons. The summed E-state index contributed by atoms with van der Waals surface area (Å²) in [6.07, 6.45) is 5.21. The lowest BCUT2D eigenvalue weighted by molar-refractivity contribution is -0.383. The van der Waals surface area contributed by atoms with Gasteiger partial charge in [-0.3, -0.25) is 15.2 Å². The van der Waals surface area contributed by atoms with Gasteiger partial charge in [-0.15, -0.1) is 0 Å². The van der Waals surface area contributed by atoms with Crippen molar-refractivity contribution in [2.75, 3.05) is 13.6 Å². The van der Waals surface area contributed by atoms with Crippen LogP contribution in [0.25, 0.3) is 17.0 Å². The molecule has 0 aliphatic rings. The molecule has 0 aliphatic carbocycles. The van der Waals surface area contributed by atoms with Crippen LogP contribution in [0.5, 0.6) is 0 Å². The lowest BCUT2D eigenvalue weighted by Gasteiger charge is -1.97. The van der Waals surface area contributed by atoms with Gasteiger partial charge in [-0.1, -0.05) is 12.2 Å². The maximum atomic E-state index is 10.9. The number of nitro benzene ring substituents is 1. The zero-order chi connectivity index (χ0) is 12.3. The van der Waals surface area contributed by atoms with Crippen molar-refractivity contribution in [3.63, 3.8) is 0 Å². The molecule has 0 atom stereocenters. The molecule has 1 aromatic carbocycles. The van der Waals surface area contributed by atoms with Crippen molar-refractivity contribution in [3.8, 4) is 0 Å². The minimum atomic E-state index is -0.396. The molecule has 0 saturated heterocycles. The highest BCUT2D eigenvalue weighted by molar-refractivity contribution is 5.89. The van der Waals surface area contributed by atoms with Crippen molar-refractivity contribution >= 4 is 22.7 Å². The summed E-state index contributed by atoms with van der Waals surface area (Å²) in [6.45, 7) is 0.717. The van der Waals surface area contributed by atoms with Crippen LogP contribution in [0.15, 0.2) is 24.4 Å². The third-order valence-electron chi connectivity index (χ3n) is 2.39. The normalized spacial score (nSPS) is 11.4. The number of benzene rings is 1. The summed E-state index contributed by atoms with van der Waals surface area (Å²) < 4.78 is 0. The first-order valence-corrected chi connectivity index (χ1v) is 5.15. The molecule has 88 valence electrons. The average Bonchev–Trinajstić information content (AvgIpc) is 2.76. The molecule has 0 saturated carbocycles. The van der Waals surface area contributed by atoms with Crippen LogP contribution in [0, 0.1) is 10.1 Å². The van der Waals surface area contributed by atoms with Crippen LogP contribution in [0.3, 0.4) is 0 Å². The van der Waals surface area contributed by atoms with Crippen LogP contribution < -0.4 is 5.32 Å². The van der Waals surface area contributed by atoms with Gasteiger partial charge >= 0.3 is 0 Å². The van der Waals surface area contributed by atoms with Crippen molar-refractivity contribution in [2.45, 2.75) is 0 Å². The highest BCUT2D eigenvalue weighted by atomic mass is 16.6. The van der Waals surface area contributed by atoms with Crippen molar-refractivity contribution < 1.29 is 4.92 Å². The van der Waals surface area contributed by atoms with Crippen LogP contribution in [0.2, 0.25) is 0 Å². The monoisotopic (exact) mass is 232 g/mol. The van der Waals surface area contributed by atoms with E-state index in [1.54, 1.807) is 6.07 Å². The third-order valence-corrected chi connectivity index (χ3v) is 2.39. The second-order valence-electron chi connectivity index (χ2n) is 3.59. The van der Waals surface area contributed by atoms with Crippen LogP contribution in [0.4, 0.5) is 5.69 Å². The molecule has 0 unspecified atom stereocenters. The Morgan fingerprint density at radius 1 is 1.59 bits per heavy atom. The molecule has 1 aromatic heterocycles. The predicted molar refractivity (Wildman–Crippen MR) is 65.7 cm³/mol. The van der Waals surface area contributed by atoms with Gasteiger partial charge in [0, 0.05) is 12.6 Å². The molecule has 2 rings (SSSR count). The Balaban J connectivity index is 2.48. The van der Waals surface area contributed by atoms with Crippen molar-refractivity contribution in [3.05, 3.63) is 40.1 Å². The van der Waals surface area contributed by atoms with Crippen molar-refractivity contribution in [2.24, 2.45) is 0 Å². The maximum absolute atomic E-state index is 10.9. The lowest BCUT2D eigenvalue weighted by atomic mass is 10.1. The standard InChI is InChI=1S/C11H12N4O2/c1-12-4-2-3-8-5-10-9(7-13-14-10)11(6-8)15(16)17/h2-3,5-7,12H,4H2,1H3,(H,13,14). The number of nitrogens with one attached hydrogen (secondary N) is 2. The first-order chi connectivity index (χ1) is 8.22. The molecule has 0 fully saturated rings. The molecule has 0 aliphatic heterocycles. The SMILES string of the molecule is CNCC=Cc1cc([N+](=O)[O-])c2cn[nH]c2c1. The Kier molecular flexibility index (Phi) is 3.15. The molecule has 0 bridgehead atoms. The van der Waals surface area contributed by atoms with E-state index in [-0.39, 0.29) is 5.69 Å². The molecule has 17 heavy (non-hydrogen) atoms. The van der Waals surface area contributed by atoms with E-state index in [9.17, 15) is 10.1 Å². The fraction of sp³-hybridized carbons (Fsp3) is 0.182. The summed E-state index contributed by atoms with van der Waals surface area (Å²) in [5.74, 6) is 0. The van der Waals surface area contributed by atoms with Gasteiger partial charge in [0.25, 0.3) is 5.69 Å². The van der Waals surface area contributed by atoms with Gasteiger partial charge in [0.2, 0.25) is 0 Å². The summed E-state index contributed by atoms with van der Waals surface area (Å²) in [4.78, 5) is 10.5. The number of nitro groups is 1. The predicted octanol–water partition coefficient (Wildman–Crippen LogP) is 1.70. The zero-order valence-corrected chi connectivity index (χ0v) is 9.30. The molecular formula is C11H12N4O2. The minimum Gasteiger partial charge on any atom is -0.316 e. The molecule has 6 heteroatoms. The Bertz CT molecular complexity index is 574. The molecular weight excluding hydrogens is 220 g/mol. The van der Waals surface area contributed by atoms with E-state index in [1.807, 2.05) is 25.3 Å². The molecule has 2 N–H and O–H groups in total. The summed E-state index contributed by atoms with van der Waals surface area (Å²) >= 11 is 0. The summed E-state index contributed by atoms with van der Waals surface area (Å²) in [6, 6.07) is 3.38. The van der Waals surface area contributed by atoms with Crippen LogP contribution in [-0.2, 0) is 0 Å². The van der Waals surface area contributed by atoms with Crippen LogP contribution >= 0.6 is 0 Å². The van der Waals surface area contributed by atoms with E-state index in [1.165, 1.54) is 6.20 Å². The Hall–Kier alpha value is -2.21. The highest BCUT2D eigenvalue weighted by Crippen LogP contribution is 2.26. The van der Waals surface area contributed by atoms with Crippen molar-refractivity contribution in [1.29, 1.82) is 0 Å². The number of likely N-dealkylation sites (N-methyl/N-ethyl adjacent to an activating group) is 1. The summed E-state index contributed by atoms with van der Waals surface area (Å²) in [5, 5.41) is 21.0. The zero-order valence-electron chi connectivity index (χ0n) is 9.30. The van der Waals surface area contributed by atoms with E-state index in [4.69, 9.17) is 0 Å². The Morgan fingerprint density at radius 2 is 2.41 bits per heavy atom. The Labute approximate surface area is 97.5 Å². The number of rotatable bonds is 4. The molecule has 1 heterocycles. The lowest BCUT2D eigenvalue weighted by Crippen LogP contribution is -2.03. The van der Waals surface area contributed by atoms with Gasteiger partial charge in [0.15, 0.2) is 0 Å². The van der Waals surface area contributed by atoms with Crippen LogP contribution in [-0.4, -0.2) is 28.7 Å².